The highest BCUT2D eigenvalue weighted by molar-refractivity contribution is 8.03. The second kappa shape index (κ2) is 4.43. The molecule has 6 nitrogen and oxygen atoms in total. The number of thioether (sulfide) groups is 1. The lowest BCUT2D eigenvalue weighted by Crippen LogP contribution is -2.63. The number of alkyl halides is 2. The van der Waals surface area contributed by atoms with E-state index in [1.54, 1.807) is 4.90 Å². The summed E-state index contributed by atoms with van der Waals surface area (Å²) in [5.74, 6) is 0.482. The van der Waals surface area contributed by atoms with Crippen molar-refractivity contribution in [3.8, 4) is 0 Å². The minimum absolute atomic E-state index is 0.110. The molecule has 0 aromatic carbocycles. The number of amides is 1. The van der Waals surface area contributed by atoms with Gasteiger partial charge in [0.15, 0.2) is 5.82 Å². The number of carbonyl (C=O) groups is 1. The predicted molar refractivity (Wildman–Crippen MR) is 68.4 cm³/mol. The Kier molecular flexibility index (Phi) is 3.03. The van der Waals surface area contributed by atoms with Crippen LogP contribution < -0.4 is 0 Å². The van der Waals surface area contributed by atoms with Gasteiger partial charge in [0.05, 0.1) is 0 Å². The topological polar surface area (TPSA) is 63.9 Å². The molecule has 1 saturated heterocycles. The number of halogens is 2. The number of aromatic nitrogens is 4. The lowest BCUT2D eigenvalue weighted by molar-refractivity contribution is -0.143. The molecule has 18 heavy (non-hydrogen) atoms. The highest BCUT2D eigenvalue weighted by Crippen LogP contribution is 2.47. The number of tetrazole rings is 1. The van der Waals surface area contributed by atoms with Crippen LogP contribution in [0.1, 0.15) is 11.9 Å². The molecular weight excluding hydrogens is 296 g/mol. The predicted octanol–water partition coefficient (Wildman–Crippen LogP) is 0.291. The van der Waals surface area contributed by atoms with Crippen LogP contribution in [0.15, 0.2) is 11.0 Å². The van der Waals surface area contributed by atoms with Crippen molar-refractivity contribution < 1.29 is 4.79 Å². The van der Waals surface area contributed by atoms with Crippen molar-refractivity contribution in [3.05, 3.63) is 16.8 Å². The Morgan fingerprint density at radius 2 is 2.33 bits per heavy atom. The number of β-lactam (4-membered cyclic amide) rings is 1. The van der Waals surface area contributed by atoms with E-state index in [0.717, 1.165) is 10.3 Å². The molecule has 1 amide bonds. The van der Waals surface area contributed by atoms with E-state index in [1.165, 1.54) is 11.8 Å². The number of hydrogen-bond donors (Lipinski definition) is 0. The van der Waals surface area contributed by atoms with Gasteiger partial charge in [0, 0.05) is 5.88 Å². The number of hydrogen-bond acceptors (Lipinski definition) is 5. The number of carbonyl (C=O) groups excluding carboxylic acids is 1. The van der Waals surface area contributed by atoms with Crippen LogP contribution in [0.2, 0.25) is 0 Å². The van der Waals surface area contributed by atoms with E-state index in [2.05, 4.69) is 15.4 Å². The average molecular weight is 302 g/mol. The Labute approximate surface area is 118 Å². The monoisotopic (exact) mass is 301 g/mol. The van der Waals surface area contributed by atoms with Crippen LogP contribution in [-0.2, 0) is 4.79 Å². The number of nitrogens with zero attached hydrogens (tertiary/aromatic N) is 5. The molecule has 1 fully saturated rings. The first-order valence-electron chi connectivity index (χ1n) is 5.05. The summed E-state index contributed by atoms with van der Waals surface area (Å²) in [7, 11) is 5.38. The Balaban J connectivity index is 2.00. The minimum atomic E-state index is -0.515. The van der Waals surface area contributed by atoms with Gasteiger partial charge >= 0.3 is 0 Å². The molecule has 3 rings (SSSR count). The van der Waals surface area contributed by atoms with Gasteiger partial charge in [0.25, 0.3) is 7.98 Å². The van der Waals surface area contributed by atoms with Crippen LogP contribution in [-0.4, -0.2) is 55.5 Å². The third kappa shape index (κ3) is 1.66. The summed E-state index contributed by atoms with van der Waals surface area (Å²) in [5, 5.41) is 12.6. The highest BCUT2D eigenvalue weighted by Gasteiger charge is 2.53. The molecule has 0 N–H and O–H groups in total. The van der Waals surface area contributed by atoms with E-state index in [1.807, 2.05) is 5.41 Å². The largest absolute Gasteiger partial charge is 0.313 e. The van der Waals surface area contributed by atoms with Gasteiger partial charge in [-0.15, -0.1) is 45.2 Å². The van der Waals surface area contributed by atoms with Gasteiger partial charge in [-0.25, -0.2) is 4.71 Å². The quantitative estimate of drug-likeness (QED) is 0.446. The summed E-state index contributed by atoms with van der Waals surface area (Å²) in [6, 6.07) is -0.423. The molecular formula is C8H6BCl2N5OS. The molecule has 0 saturated carbocycles. The molecule has 0 aliphatic carbocycles. The van der Waals surface area contributed by atoms with Gasteiger partial charge in [-0.2, -0.15) is 0 Å². The van der Waals surface area contributed by atoms with Gasteiger partial charge in [0.2, 0.25) is 5.91 Å². The standard InChI is InChI=1S/C8H6BCl2N5OS/c9-16-13-6(12-14-16)5-3(1-10)2-18-8-4(11)7(17)15(5)8/h2,4-5,8H,1H2/t4?,5-,8-/m1/s1. The lowest BCUT2D eigenvalue weighted by atomic mass is 10.0. The zero-order valence-electron chi connectivity index (χ0n) is 8.90. The van der Waals surface area contributed by atoms with Gasteiger partial charge in [-0.1, -0.05) is 5.21 Å². The molecule has 3 atom stereocenters. The van der Waals surface area contributed by atoms with Crippen molar-refractivity contribution in [2.75, 3.05) is 5.88 Å². The Morgan fingerprint density at radius 3 is 2.94 bits per heavy atom. The molecule has 0 spiro atoms. The SMILES string of the molecule is [B]n1nnc([C@H]2C(CCl)=CS[C@@H]3C(Cl)C(=O)N23)n1. The van der Waals surface area contributed by atoms with Crippen LogP contribution in [0.5, 0.6) is 0 Å². The zero-order chi connectivity index (χ0) is 12.9. The summed E-state index contributed by atoms with van der Waals surface area (Å²) in [6.07, 6.45) is 0. The van der Waals surface area contributed by atoms with Crippen LogP contribution >= 0.6 is 35.0 Å². The van der Waals surface area contributed by atoms with E-state index in [0.29, 0.717) is 5.82 Å². The maximum atomic E-state index is 11.8. The number of fused-ring (bicyclic) bond motifs is 1. The summed E-state index contributed by atoms with van der Waals surface area (Å²) < 4.78 is 0.861. The van der Waals surface area contributed by atoms with Crippen molar-refractivity contribution >= 4 is 48.9 Å². The van der Waals surface area contributed by atoms with E-state index in [4.69, 9.17) is 31.2 Å². The van der Waals surface area contributed by atoms with Crippen molar-refractivity contribution in [1.29, 1.82) is 0 Å². The molecule has 0 bridgehead atoms. The smallest absolute Gasteiger partial charge is 0.298 e. The van der Waals surface area contributed by atoms with E-state index >= 15 is 0 Å². The first-order valence-corrected chi connectivity index (χ1v) is 6.96. The van der Waals surface area contributed by atoms with Gasteiger partial charge in [-0.3, -0.25) is 4.79 Å². The van der Waals surface area contributed by atoms with Crippen LogP contribution in [0, 0.1) is 0 Å². The average Bonchev–Trinajstić information content (AvgIpc) is 2.82. The van der Waals surface area contributed by atoms with Crippen LogP contribution in [0.4, 0.5) is 0 Å². The molecule has 2 aliphatic heterocycles. The zero-order valence-corrected chi connectivity index (χ0v) is 11.2. The third-order valence-corrected chi connectivity index (χ3v) is 4.95. The Bertz CT molecular complexity index is 537. The fraction of sp³-hybridized carbons (Fsp3) is 0.500. The molecule has 3 heterocycles. The molecule has 2 aliphatic rings. The maximum absolute atomic E-state index is 11.8. The lowest BCUT2D eigenvalue weighted by Gasteiger charge is -2.49. The molecule has 1 aromatic rings. The normalized spacial score (nSPS) is 30.8. The van der Waals surface area contributed by atoms with Gasteiger partial charge in [-0.05, 0) is 11.0 Å². The summed E-state index contributed by atoms with van der Waals surface area (Å²) in [4.78, 5) is 13.5. The van der Waals surface area contributed by atoms with Gasteiger partial charge < -0.3 is 4.90 Å². The summed E-state index contributed by atoms with van der Waals surface area (Å²) in [5.41, 5.74) is 0.836. The Hall–Kier alpha value is -0.725. The number of rotatable bonds is 2. The van der Waals surface area contributed by atoms with Crippen molar-refractivity contribution in [2.24, 2.45) is 0 Å². The van der Waals surface area contributed by atoms with Crippen LogP contribution in [0.3, 0.4) is 0 Å². The molecule has 10 heteroatoms. The summed E-state index contributed by atoms with van der Waals surface area (Å²) in [6.45, 7) is 0. The highest BCUT2D eigenvalue weighted by atomic mass is 35.5. The van der Waals surface area contributed by atoms with Crippen molar-refractivity contribution in [3.63, 3.8) is 0 Å². The fourth-order valence-corrected chi connectivity index (χ4v) is 3.86. The van der Waals surface area contributed by atoms with E-state index in [-0.39, 0.29) is 17.2 Å². The van der Waals surface area contributed by atoms with Crippen molar-refractivity contribution in [1.82, 2.24) is 25.0 Å². The summed E-state index contributed by atoms with van der Waals surface area (Å²) >= 11 is 13.3. The van der Waals surface area contributed by atoms with Gasteiger partial charge in [0.1, 0.15) is 16.8 Å². The first kappa shape index (κ1) is 12.3. The van der Waals surface area contributed by atoms with E-state index < -0.39 is 11.4 Å². The molecule has 1 aromatic heterocycles. The Morgan fingerprint density at radius 1 is 1.56 bits per heavy atom. The first-order chi connectivity index (χ1) is 8.63. The molecule has 1 unspecified atom stereocenters. The van der Waals surface area contributed by atoms with Crippen molar-refractivity contribution in [2.45, 2.75) is 16.8 Å². The van der Waals surface area contributed by atoms with E-state index in [9.17, 15) is 4.79 Å². The minimum Gasteiger partial charge on any atom is -0.313 e. The molecule has 92 valence electrons. The second-order valence-corrected chi connectivity index (χ2v) is 5.60. The molecule has 2 radical (unpaired) electrons. The maximum Gasteiger partial charge on any atom is 0.298 e. The second-order valence-electron chi connectivity index (χ2n) is 3.87. The van der Waals surface area contributed by atoms with Crippen LogP contribution in [0.25, 0.3) is 0 Å². The fourth-order valence-electron chi connectivity index (χ4n) is 2.00. The third-order valence-electron chi connectivity index (χ3n) is 2.85.